The minimum absolute atomic E-state index is 0.0668. The molecule has 1 fully saturated rings. The Hall–Kier alpha value is -3.74. The Labute approximate surface area is 171 Å². The first-order chi connectivity index (χ1) is 14.4. The molecule has 0 spiro atoms. The largest absolute Gasteiger partial charge is 0.454 e. The number of anilines is 2. The number of rotatable bonds is 3. The van der Waals surface area contributed by atoms with Crippen molar-refractivity contribution in [1.82, 2.24) is 9.13 Å². The van der Waals surface area contributed by atoms with Gasteiger partial charge >= 0.3 is 5.69 Å². The average Bonchev–Trinajstić information content (AvgIpc) is 3.22. The topological polar surface area (TPSA) is 119 Å². The molecular weight excluding hydrogens is 390 g/mol. The van der Waals surface area contributed by atoms with Crippen molar-refractivity contribution in [2.75, 3.05) is 30.1 Å². The molecule has 10 nitrogen and oxygen atoms in total. The van der Waals surface area contributed by atoms with Crippen LogP contribution < -0.4 is 30.9 Å². The summed E-state index contributed by atoms with van der Waals surface area (Å²) in [5.41, 5.74) is -0.537. The molecule has 0 saturated carbocycles. The molecule has 0 bridgehead atoms. The fourth-order valence-corrected chi connectivity index (χ4v) is 3.87. The summed E-state index contributed by atoms with van der Waals surface area (Å²) in [6.45, 7) is 1.07. The molecule has 4 rings (SSSR count). The predicted molar refractivity (Wildman–Crippen MR) is 108 cm³/mol. The highest BCUT2D eigenvalue weighted by atomic mass is 16.7. The molecule has 1 amide bonds. The fourth-order valence-electron chi connectivity index (χ4n) is 3.87. The number of hydrogen-bond acceptors (Lipinski definition) is 7. The average molecular weight is 411 g/mol. The number of piperidine rings is 1. The maximum Gasteiger partial charge on any atom is 0.332 e. The number of aromatic nitrogens is 2. The zero-order valence-electron chi connectivity index (χ0n) is 16.7. The van der Waals surface area contributed by atoms with Gasteiger partial charge in [-0.3, -0.25) is 18.7 Å². The second kappa shape index (κ2) is 7.59. The maximum atomic E-state index is 12.7. The smallest absolute Gasteiger partial charge is 0.332 e. The minimum atomic E-state index is -0.613. The molecular formula is C20H21N5O5. The van der Waals surface area contributed by atoms with Gasteiger partial charge in [-0.15, -0.1) is 0 Å². The standard InChI is InChI=1S/C20H21N5O5/c1-23-18(14(10-21)19(27)24(2)20(23)28)25-7-5-12(6-8-25)17(26)22-13-3-4-15-16(9-13)30-11-29-15/h3-4,9,12H,5-8,11H2,1-2H3,(H,22,26). The monoisotopic (exact) mass is 411 g/mol. The zero-order valence-corrected chi connectivity index (χ0v) is 16.7. The molecule has 1 saturated heterocycles. The Balaban J connectivity index is 1.47. The SMILES string of the molecule is Cn1c(N2CCC(C(=O)Nc3ccc4c(c3)OCO4)CC2)c(C#N)c(=O)n(C)c1=O. The number of carbonyl (C=O) groups excluding carboxylic acids is 1. The van der Waals surface area contributed by atoms with E-state index in [0.29, 0.717) is 48.9 Å². The van der Waals surface area contributed by atoms with E-state index in [1.54, 1.807) is 18.2 Å². The lowest BCUT2D eigenvalue weighted by molar-refractivity contribution is -0.120. The molecule has 1 aromatic carbocycles. The van der Waals surface area contributed by atoms with Crippen LogP contribution in [0.15, 0.2) is 27.8 Å². The first kappa shape index (κ1) is 19.6. The fraction of sp³-hybridized carbons (Fsp3) is 0.400. The van der Waals surface area contributed by atoms with Crippen LogP contribution in [0.4, 0.5) is 11.5 Å². The van der Waals surface area contributed by atoms with Gasteiger partial charge in [0.05, 0.1) is 0 Å². The molecule has 1 N–H and O–H groups in total. The van der Waals surface area contributed by atoms with Gasteiger partial charge in [0.2, 0.25) is 12.7 Å². The summed E-state index contributed by atoms with van der Waals surface area (Å²) in [5.74, 6) is 1.22. The van der Waals surface area contributed by atoms with Crippen molar-refractivity contribution in [2.24, 2.45) is 20.0 Å². The van der Waals surface area contributed by atoms with Gasteiger partial charge in [-0.2, -0.15) is 5.26 Å². The second-order valence-corrected chi connectivity index (χ2v) is 7.33. The van der Waals surface area contributed by atoms with Gasteiger partial charge in [-0.1, -0.05) is 0 Å². The Morgan fingerprint density at radius 3 is 2.53 bits per heavy atom. The summed E-state index contributed by atoms with van der Waals surface area (Å²) < 4.78 is 12.8. The molecule has 10 heteroatoms. The molecule has 0 radical (unpaired) electrons. The highest BCUT2D eigenvalue weighted by molar-refractivity contribution is 5.93. The van der Waals surface area contributed by atoms with Crippen LogP contribution in [0.1, 0.15) is 18.4 Å². The molecule has 30 heavy (non-hydrogen) atoms. The zero-order chi connectivity index (χ0) is 21.4. The van der Waals surface area contributed by atoms with E-state index in [2.05, 4.69) is 5.32 Å². The van der Waals surface area contributed by atoms with E-state index in [1.165, 1.54) is 18.7 Å². The molecule has 2 aliphatic heterocycles. The van der Waals surface area contributed by atoms with Crippen molar-refractivity contribution < 1.29 is 14.3 Å². The van der Waals surface area contributed by atoms with Gasteiger partial charge < -0.3 is 19.7 Å². The Morgan fingerprint density at radius 2 is 1.83 bits per heavy atom. The second-order valence-electron chi connectivity index (χ2n) is 7.33. The lowest BCUT2D eigenvalue weighted by Gasteiger charge is -2.34. The van der Waals surface area contributed by atoms with E-state index in [4.69, 9.17) is 9.47 Å². The highest BCUT2D eigenvalue weighted by Crippen LogP contribution is 2.34. The number of fused-ring (bicyclic) bond motifs is 1. The maximum absolute atomic E-state index is 12.7. The van der Waals surface area contributed by atoms with Crippen molar-refractivity contribution in [3.8, 4) is 17.6 Å². The van der Waals surface area contributed by atoms with Crippen molar-refractivity contribution in [3.05, 3.63) is 44.6 Å². The van der Waals surface area contributed by atoms with Crippen LogP contribution >= 0.6 is 0 Å². The van der Waals surface area contributed by atoms with E-state index in [0.717, 1.165) is 4.57 Å². The first-order valence-corrected chi connectivity index (χ1v) is 9.56. The van der Waals surface area contributed by atoms with Crippen molar-refractivity contribution >= 4 is 17.4 Å². The van der Waals surface area contributed by atoms with Crippen molar-refractivity contribution in [3.63, 3.8) is 0 Å². The Bertz CT molecular complexity index is 1170. The third-order valence-corrected chi connectivity index (χ3v) is 5.55. The number of nitriles is 1. The van der Waals surface area contributed by atoms with Crippen LogP contribution in [-0.4, -0.2) is 34.9 Å². The van der Waals surface area contributed by atoms with Gasteiger partial charge in [-0.05, 0) is 25.0 Å². The van der Waals surface area contributed by atoms with Gasteiger partial charge in [0.15, 0.2) is 17.1 Å². The summed E-state index contributed by atoms with van der Waals surface area (Å²) in [5, 5.41) is 12.4. The van der Waals surface area contributed by atoms with E-state index < -0.39 is 11.2 Å². The Kier molecular flexibility index (Phi) is 4.95. The van der Waals surface area contributed by atoms with Crippen molar-refractivity contribution in [1.29, 1.82) is 5.26 Å². The summed E-state index contributed by atoms with van der Waals surface area (Å²) in [6.07, 6.45) is 1.06. The molecule has 3 heterocycles. The number of carbonyl (C=O) groups is 1. The van der Waals surface area contributed by atoms with Crippen LogP contribution in [0, 0.1) is 17.2 Å². The van der Waals surface area contributed by atoms with Gasteiger partial charge in [0.1, 0.15) is 11.9 Å². The summed E-state index contributed by atoms with van der Waals surface area (Å²) >= 11 is 0. The van der Waals surface area contributed by atoms with Gasteiger partial charge in [0, 0.05) is 44.9 Å². The summed E-state index contributed by atoms with van der Waals surface area (Å²) in [4.78, 5) is 39.1. The minimum Gasteiger partial charge on any atom is -0.454 e. The molecule has 0 aliphatic carbocycles. The van der Waals surface area contributed by atoms with Crippen LogP contribution in [0.25, 0.3) is 0 Å². The lowest BCUT2D eigenvalue weighted by Crippen LogP contribution is -2.45. The number of nitrogens with zero attached hydrogens (tertiary/aromatic N) is 4. The van der Waals surface area contributed by atoms with E-state index in [9.17, 15) is 19.6 Å². The normalized spacial score (nSPS) is 15.7. The van der Waals surface area contributed by atoms with Gasteiger partial charge in [0.25, 0.3) is 5.56 Å². The lowest BCUT2D eigenvalue weighted by atomic mass is 9.95. The van der Waals surface area contributed by atoms with Crippen LogP contribution in [0.3, 0.4) is 0 Å². The molecule has 2 aliphatic rings. The number of nitrogens with one attached hydrogen (secondary N) is 1. The van der Waals surface area contributed by atoms with Crippen LogP contribution in [0.5, 0.6) is 11.5 Å². The van der Waals surface area contributed by atoms with Crippen LogP contribution in [0.2, 0.25) is 0 Å². The van der Waals surface area contributed by atoms with E-state index in [1.807, 2.05) is 11.0 Å². The molecule has 2 aromatic rings. The number of amides is 1. The quantitative estimate of drug-likeness (QED) is 0.783. The number of ether oxygens (including phenoxy) is 2. The Morgan fingerprint density at radius 1 is 1.13 bits per heavy atom. The van der Waals surface area contributed by atoms with E-state index in [-0.39, 0.29) is 24.2 Å². The predicted octanol–water partition coefficient (Wildman–Crippen LogP) is 0.539. The third-order valence-electron chi connectivity index (χ3n) is 5.55. The molecule has 1 aromatic heterocycles. The van der Waals surface area contributed by atoms with E-state index >= 15 is 0 Å². The number of benzene rings is 1. The highest BCUT2D eigenvalue weighted by Gasteiger charge is 2.29. The first-order valence-electron chi connectivity index (χ1n) is 9.56. The summed E-state index contributed by atoms with van der Waals surface area (Å²) in [6, 6.07) is 7.16. The summed E-state index contributed by atoms with van der Waals surface area (Å²) in [7, 11) is 2.89. The van der Waals surface area contributed by atoms with Crippen molar-refractivity contribution in [2.45, 2.75) is 12.8 Å². The van der Waals surface area contributed by atoms with Crippen LogP contribution in [-0.2, 0) is 18.9 Å². The third kappa shape index (κ3) is 3.28. The molecule has 156 valence electrons. The molecule has 0 atom stereocenters. The number of hydrogen-bond donors (Lipinski definition) is 1. The molecule has 0 unspecified atom stereocenters. The van der Waals surface area contributed by atoms with Gasteiger partial charge in [-0.25, -0.2) is 4.79 Å².